The lowest BCUT2D eigenvalue weighted by molar-refractivity contribution is -0.117. The Bertz CT molecular complexity index is 372. The van der Waals surface area contributed by atoms with E-state index in [1.807, 2.05) is 6.92 Å². The molecule has 0 aliphatic heterocycles. The van der Waals surface area contributed by atoms with Crippen LogP contribution in [0.4, 0.5) is 5.69 Å². The molecular formula is C12H16Cl2N2O. The third-order valence-electron chi connectivity index (χ3n) is 2.61. The Balaban J connectivity index is 2.68. The van der Waals surface area contributed by atoms with Gasteiger partial charge in [0.25, 0.3) is 0 Å². The Hall–Kier alpha value is -0.770. The third-order valence-corrected chi connectivity index (χ3v) is 3.24. The van der Waals surface area contributed by atoms with Gasteiger partial charge >= 0.3 is 0 Å². The predicted octanol–water partition coefficient (Wildman–Crippen LogP) is 3.31. The highest BCUT2D eigenvalue weighted by atomic mass is 35.5. The summed E-state index contributed by atoms with van der Waals surface area (Å²) in [6, 6.07) is 5.10. The number of benzene rings is 1. The van der Waals surface area contributed by atoms with Crippen LogP contribution in [0.25, 0.3) is 0 Å². The molecule has 0 heterocycles. The lowest BCUT2D eigenvalue weighted by Gasteiger charge is -2.13. The molecule has 0 fully saturated rings. The number of para-hydroxylation sites is 1. The number of carbonyl (C=O) groups excluding carboxylic acids is 1. The number of carbonyl (C=O) groups is 1. The molecule has 0 aliphatic rings. The van der Waals surface area contributed by atoms with Gasteiger partial charge in [-0.1, -0.05) is 42.6 Å². The molecule has 17 heavy (non-hydrogen) atoms. The molecule has 1 amide bonds. The summed E-state index contributed by atoms with van der Waals surface area (Å²) >= 11 is 11.9. The maximum Gasteiger partial charge on any atom is 0.224 e. The van der Waals surface area contributed by atoms with E-state index in [0.29, 0.717) is 28.7 Å². The normalized spacial score (nSPS) is 12.2. The highest BCUT2D eigenvalue weighted by Gasteiger charge is 2.13. The first-order chi connectivity index (χ1) is 8.08. The Morgan fingerprint density at radius 1 is 1.41 bits per heavy atom. The van der Waals surface area contributed by atoms with Gasteiger partial charge in [-0.15, -0.1) is 0 Å². The molecule has 0 saturated carbocycles. The van der Waals surface area contributed by atoms with Crippen molar-refractivity contribution in [3.63, 3.8) is 0 Å². The summed E-state index contributed by atoms with van der Waals surface area (Å²) in [7, 11) is 0. The van der Waals surface area contributed by atoms with E-state index < -0.39 is 0 Å². The van der Waals surface area contributed by atoms with E-state index in [0.717, 1.165) is 6.42 Å². The fraction of sp³-hybridized carbons (Fsp3) is 0.417. The summed E-state index contributed by atoms with van der Waals surface area (Å²) < 4.78 is 0. The minimum absolute atomic E-state index is 0.114. The molecule has 0 saturated heterocycles. The van der Waals surface area contributed by atoms with Crippen molar-refractivity contribution in [2.24, 2.45) is 11.7 Å². The SMILES string of the molecule is CCC(CN)CC(=O)Nc1c(Cl)cccc1Cl. The number of nitrogens with one attached hydrogen (secondary N) is 1. The van der Waals surface area contributed by atoms with Crippen molar-refractivity contribution in [3.8, 4) is 0 Å². The molecule has 0 bridgehead atoms. The average Bonchev–Trinajstić information content (AvgIpc) is 2.31. The smallest absolute Gasteiger partial charge is 0.224 e. The first-order valence-electron chi connectivity index (χ1n) is 5.52. The van der Waals surface area contributed by atoms with Crippen LogP contribution in [0.5, 0.6) is 0 Å². The summed E-state index contributed by atoms with van der Waals surface area (Å²) in [6.45, 7) is 2.51. The fourth-order valence-electron chi connectivity index (χ4n) is 1.46. The molecule has 5 heteroatoms. The van der Waals surface area contributed by atoms with E-state index >= 15 is 0 Å². The van der Waals surface area contributed by atoms with Crippen LogP contribution >= 0.6 is 23.2 Å². The quantitative estimate of drug-likeness (QED) is 0.866. The van der Waals surface area contributed by atoms with Crippen molar-refractivity contribution in [3.05, 3.63) is 28.2 Å². The lowest BCUT2D eigenvalue weighted by atomic mass is 10.0. The van der Waals surface area contributed by atoms with Crippen LogP contribution < -0.4 is 11.1 Å². The zero-order valence-electron chi connectivity index (χ0n) is 9.67. The van der Waals surface area contributed by atoms with E-state index in [2.05, 4.69) is 5.32 Å². The number of amides is 1. The maximum absolute atomic E-state index is 11.8. The van der Waals surface area contributed by atoms with E-state index in [1.165, 1.54) is 0 Å². The first-order valence-corrected chi connectivity index (χ1v) is 6.28. The van der Waals surface area contributed by atoms with Gasteiger partial charge in [-0.2, -0.15) is 0 Å². The summed E-state index contributed by atoms with van der Waals surface area (Å²) in [6.07, 6.45) is 1.26. The van der Waals surface area contributed by atoms with E-state index in [4.69, 9.17) is 28.9 Å². The van der Waals surface area contributed by atoms with Gasteiger partial charge < -0.3 is 11.1 Å². The zero-order valence-corrected chi connectivity index (χ0v) is 11.2. The van der Waals surface area contributed by atoms with Gasteiger partial charge in [-0.25, -0.2) is 0 Å². The van der Waals surface area contributed by atoms with Crippen molar-refractivity contribution >= 4 is 34.8 Å². The highest BCUT2D eigenvalue weighted by molar-refractivity contribution is 6.39. The van der Waals surface area contributed by atoms with Crippen LogP contribution in [0, 0.1) is 5.92 Å². The second kappa shape index (κ2) is 6.84. The number of anilines is 1. The van der Waals surface area contributed by atoms with Crippen molar-refractivity contribution in [1.29, 1.82) is 0 Å². The molecule has 3 nitrogen and oxygen atoms in total. The van der Waals surface area contributed by atoms with Crippen molar-refractivity contribution < 1.29 is 4.79 Å². The topological polar surface area (TPSA) is 55.1 Å². The van der Waals surface area contributed by atoms with Crippen molar-refractivity contribution in [1.82, 2.24) is 0 Å². The molecule has 0 aliphatic carbocycles. The van der Waals surface area contributed by atoms with Gasteiger partial charge in [0.15, 0.2) is 0 Å². The average molecular weight is 275 g/mol. The number of hydrogen-bond donors (Lipinski definition) is 2. The van der Waals surface area contributed by atoms with E-state index in [1.54, 1.807) is 18.2 Å². The molecule has 0 spiro atoms. The van der Waals surface area contributed by atoms with Crippen molar-refractivity contribution in [2.45, 2.75) is 19.8 Å². The lowest BCUT2D eigenvalue weighted by Crippen LogP contribution is -2.21. The second-order valence-electron chi connectivity index (χ2n) is 3.86. The van der Waals surface area contributed by atoms with Crippen LogP contribution in [-0.2, 0) is 4.79 Å². The van der Waals surface area contributed by atoms with E-state index in [-0.39, 0.29) is 11.8 Å². The molecule has 0 aromatic heterocycles. The van der Waals surface area contributed by atoms with Gasteiger partial charge in [0.05, 0.1) is 15.7 Å². The Labute approximate surface area is 111 Å². The second-order valence-corrected chi connectivity index (χ2v) is 4.67. The summed E-state index contributed by atoms with van der Waals surface area (Å²) in [5.74, 6) is 0.0774. The standard InChI is InChI=1S/C12H16Cl2N2O/c1-2-8(7-15)6-11(17)16-12-9(13)4-3-5-10(12)14/h3-5,8H,2,6-7,15H2,1H3,(H,16,17). The Morgan fingerprint density at radius 2 is 2.00 bits per heavy atom. The molecule has 1 unspecified atom stereocenters. The van der Waals surface area contributed by atoms with Gasteiger partial charge in [-0.05, 0) is 24.6 Å². The van der Waals surface area contributed by atoms with Crippen LogP contribution in [0.3, 0.4) is 0 Å². The molecule has 94 valence electrons. The minimum atomic E-state index is -0.114. The van der Waals surface area contributed by atoms with Crippen LogP contribution in [0.15, 0.2) is 18.2 Å². The Kier molecular flexibility index (Phi) is 5.75. The highest BCUT2D eigenvalue weighted by Crippen LogP contribution is 2.30. The largest absolute Gasteiger partial charge is 0.330 e. The summed E-state index contributed by atoms with van der Waals surface area (Å²) in [5, 5.41) is 3.59. The molecule has 1 aromatic rings. The summed E-state index contributed by atoms with van der Waals surface area (Å²) in [4.78, 5) is 11.8. The molecule has 1 aromatic carbocycles. The zero-order chi connectivity index (χ0) is 12.8. The van der Waals surface area contributed by atoms with Crippen LogP contribution in [-0.4, -0.2) is 12.5 Å². The van der Waals surface area contributed by atoms with Crippen molar-refractivity contribution in [2.75, 3.05) is 11.9 Å². The Morgan fingerprint density at radius 3 is 2.47 bits per heavy atom. The molecule has 3 N–H and O–H groups in total. The van der Waals surface area contributed by atoms with Gasteiger partial charge in [-0.3, -0.25) is 4.79 Å². The number of halogens is 2. The predicted molar refractivity (Wildman–Crippen MR) is 72.5 cm³/mol. The molecule has 1 atom stereocenters. The number of rotatable bonds is 5. The third kappa shape index (κ3) is 4.19. The minimum Gasteiger partial charge on any atom is -0.330 e. The molecular weight excluding hydrogens is 259 g/mol. The van der Waals surface area contributed by atoms with Gasteiger partial charge in [0, 0.05) is 6.42 Å². The maximum atomic E-state index is 11.8. The first kappa shape index (κ1) is 14.3. The molecule has 1 rings (SSSR count). The fourth-order valence-corrected chi connectivity index (χ4v) is 1.96. The molecule has 0 radical (unpaired) electrons. The summed E-state index contributed by atoms with van der Waals surface area (Å²) in [5.41, 5.74) is 6.02. The van der Waals surface area contributed by atoms with Crippen LogP contribution in [0.2, 0.25) is 10.0 Å². The monoisotopic (exact) mass is 274 g/mol. The number of hydrogen-bond acceptors (Lipinski definition) is 2. The van der Waals surface area contributed by atoms with Crippen LogP contribution in [0.1, 0.15) is 19.8 Å². The van der Waals surface area contributed by atoms with Gasteiger partial charge in [0.2, 0.25) is 5.91 Å². The number of nitrogens with two attached hydrogens (primary N) is 1. The van der Waals surface area contributed by atoms with Gasteiger partial charge in [0.1, 0.15) is 0 Å². The van der Waals surface area contributed by atoms with E-state index in [9.17, 15) is 4.79 Å².